The minimum Gasteiger partial charge on any atom is -0.438 e. The molecule has 29 heavy (non-hydrogen) atoms. The molecule has 1 aromatic heterocycles. The van der Waals surface area contributed by atoms with Gasteiger partial charge in [0.25, 0.3) is 0 Å². The molecule has 144 valence electrons. The number of fused-ring (bicyclic) bond motifs is 5. The standard InChI is InChI=1S/C25H21NO2S/c1-16-13-14-22-19(15-16)24-25(28-22)26(21-10-4-5-12-23(21)29(24)27)20-11-6-8-17-7-2-3-9-18(17)20/h4-6,8,10-15H,2-3,7,9H2,1H3. The largest absolute Gasteiger partial charge is 0.438 e. The zero-order valence-corrected chi connectivity index (χ0v) is 17.1. The van der Waals surface area contributed by atoms with E-state index in [1.807, 2.05) is 30.3 Å². The second-order valence-electron chi connectivity index (χ2n) is 7.93. The van der Waals surface area contributed by atoms with E-state index >= 15 is 0 Å². The molecule has 3 aromatic carbocycles. The van der Waals surface area contributed by atoms with Crippen molar-refractivity contribution in [2.24, 2.45) is 0 Å². The Balaban J connectivity index is 1.69. The predicted molar refractivity (Wildman–Crippen MR) is 117 cm³/mol. The fourth-order valence-electron chi connectivity index (χ4n) is 4.73. The van der Waals surface area contributed by atoms with Crippen molar-refractivity contribution in [1.82, 2.24) is 0 Å². The number of rotatable bonds is 1. The number of nitrogens with zero attached hydrogens (tertiary/aromatic N) is 1. The molecule has 0 saturated heterocycles. The SMILES string of the molecule is Cc1ccc2oc3c(c2c1)S(=O)c1ccccc1N3c1cccc2c1CCCC2. The van der Waals surface area contributed by atoms with Crippen LogP contribution >= 0.6 is 0 Å². The third-order valence-electron chi connectivity index (χ3n) is 6.09. The number of hydrogen-bond donors (Lipinski definition) is 0. The summed E-state index contributed by atoms with van der Waals surface area (Å²) in [6, 6.07) is 20.7. The molecule has 4 heteroatoms. The zero-order valence-electron chi connectivity index (χ0n) is 16.3. The molecule has 0 N–H and O–H groups in total. The topological polar surface area (TPSA) is 33.5 Å². The number of furan rings is 1. The van der Waals surface area contributed by atoms with Gasteiger partial charge in [-0.2, -0.15) is 0 Å². The summed E-state index contributed by atoms with van der Waals surface area (Å²) in [5.41, 5.74) is 6.85. The molecule has 3 nitrogen and oxygen atoms in total. The van der Waals surface area contributed by atoms with Crippen LogP contribution in [0, 0.1) is 6.92 Å². The molecule has 0 fully saturated rings. The van der Waals surface area contributed by atoms with E-state index in [1.54, 1.807) is 0 Å². The number of aryl methyl sites for hydroxylation is 2. The fraction of sp³-hybridized carbons (Fsp3) is 0.200. The van der Waals surface area contributed by atoms with Crippen LogP contribution in [-0.2, 0) is 23.6 Å². The van der Waals surface area contributed by atoms with Gasteiger partial charge in [0.15, 0.2) is 0 Å². The van der Waals surface area contributed by atoms with Crippen molar-refractivity contribution in [3.05, 3.63) is 77.4 Å². The minimum absolute atomic E-state index is 0.696. The van der Waals surface area contributed by atoms with E-state index in [-0.39, 0.29) is 0 Å². The summed E-state index contributed by atoms with van der Waals surface area (Å²) in [6.45, 7) is 2.06. The van der Waals surface area contributed by atoms with Gasteiger partial charge in [0.05, 0.1) is 27.1 Å². The van der Waals surface area contributed by atoms with Crippen LogP contribution in [0.2, 0.25) is 0 Å². The molecule has 2 aliphatic rings. The zero-order chi connectivity index (χ0) is 19.5. The van der Waals surface area contributed by atoms with Crippen LogP contribution < -0.4 is 4.90 Å². The van der Waals surface area contributed by atoms with Gasteiger partial charge >= 0.3 is 0 Å². The lowest BCUT2D eigenvalue weighted by molar-refractivity contribution is 0.606. The Hall–Kier alpha value is -2.85. The maximum absolute atomic E-state index is 13.6. The van der Waals surface area contributed by atoms with Crippen LogP contribution in [0.3, 0.4) is 0 Å². The van der Waals surface area contributed by atoms with Gasteiger partial charge in [-0.1, -0.05) is 35.9 Å². The Morgan fingerprint density at radius 2 is 1.76 bits per heavy atom. The van der Waals surface area contributed by atoms with Crippen LogP contribution in [-0.4, -0.2) is 4.21 Å². The Morgan fingerprint density at radius 1 is 0.931 bits per heavy atom. The molecular weight excluding hydrogens is 378 g/mol. The van der Waals surface area contributed by atoms with Crippen molar-refractivity contribution in [2.45, 2.75) is 42.4 Å². The highest BCUT2D eigenvalue weighted by Gasteiger charge is 2.35. The Kier molecular flexibility index (Phi) is 3.72. The van der Waals surface area contributed by atoms with Crippen LogP contribution in [0.5, 0.6) is 0 Å². The molecule has 0 bridgehead atoms. The Morgan fingerprint density at radius 3 is 2.69 bits per heavy atom. The molecule has 1 aliphatic heterocycles. The molecule has 6 rings (SSSR count). The Bertz CT molecular complexity index is 1300. The first-order chi connectivity index (χ1) is 14.2. The minimum atomic E-state index is -1.27. The molecule has 0 spiro atoms. The molecule has 1 unspecified atom stereocenters. The number of para-hydroxylation sites is 1. The average molecular weight is 400 g/mol. The highest BCUT2D eigenvalue weighted by atomic mass is 32.2. The van der Waals surface area contributed by atoms with Gasteiger partial charge in [0.1, 0.15) is 10.5 Å². The van der Waals surface area contributed by atoms with Gasteiger partial charge < -0.3 is 4.42 Å². The van der Waals surface area contributed by atoms with Crippen LogP contribution in [0.15, 0.2) is 74.9 Å². The molecule has 2 heterocycles. The van der Waals surface area contributed by atoms with E-state index in [9.17, 15) is 4.21 Å². The number of anilines is 3. The summed E-state index contributed by atoms with van der Waals surface area (Å²) in [5, 5.41) is 0.947. The number of hydrogen-bond acceptors (Lipinski definition) is 3. The lowest BCUT2D eigenvalue weighted by Crippen LogP contribution is -2.20. The van der Waals surface area contributed by atoms with Gasteiger partial charge in [0, 0.05) is 5.39 Å². The number of benzene rings is 3. The van der Waals surface area contributed by atoms with Gasteiger partial charge in [-0.05, 0) is 74.1 Å². The van der Waals surface area contributed by atoms with E-state index in [1.165, 1.54) is 24.0 Å². The van der Waals surface area contributed by atoms with Crippen molar-refractivity contribution >= 4 is 39.0 Å². The van der Waals surface area contributed by atoms with Crippen molar-refractivity contribution in [3.8, 4) is 0 Å². The van der Waals surface area contributed by atoms with E-state index in [0.717, 1.165) is 50.5 Å². The van der Waals surface area contributed by atoms with Crippen LogP contribution in [0.25, 0.3) is 11.0 Å². The lowest BCUT2D eigenvalue weighted by atomic mass is 9.90. The van der Waals surface area contributed by atoms with E-state index in [4.69, 9.17) is 4.42 Å². The molecule has 1 atom stereocenters. The second kappa shape index (κ2) is 6.33. The third-order valence-corrected chi connectivity index (χ3v) is 7.60. The van der Waals surface area contributed by atoms with Gasteiger partial charge in [-0.3, -0.25) is 4.90 Å². The van der Waals surface area contributed by atoms with Gasteiger partial charge in [0.2, 0.25) is 5.88 Å². The van der Waals surface area contributed by atoms with Crippen molar-refractivity contribution in [3.63, 3.8) is 0 Å². The third kappa shape index (κ3) is 2.45. The molecule has 0 saturated carbocycles. The van der Waals surface area contributed by atoms with E-state index in [0.29, 0.717) is 5.88 Å². The van der Waals surface area contributed by atoms with Gasteiger partial charge in [-0.15, -0.1) is 0 Å². The summed E-state index contributed by atoms with van der Waals surface area (Å²) in [7, 11) is -1.27. The summed E-state index contributed by atoms with van der Waals surface area (Å²) in [4.78, 5) is 3.83. The first-order valence-corrected chi connectivity index (χ1v) is 11.3. The predicted octanol–water partition coefficient (Wildman–Crippen LogP) is 6.57. The molecule has 0 radical (unpaired) electrons. The van der Waals surface area contributed by atoms with Crippen LogP contribution in [0.4, 0.5) is 17.3 Å². The van der Waals surface area contributed by atoms with Crippen LogP contribution in [0.1, 0.15) is 29.5 Å². The smallest absolute Gasteiger partial charge is 0.222 e. The van der Waals surface area contributed by atoms with Crippen molar-refractivity contribution in [2.75, 3.05) is 4.90 Å². The second-order valence-corrected chi connectivity index (χ2v) is 9.32. The average Bonchev–Trinajstić information content (AvgIpc) is 3.12. The lowest BCUT2D eigenvalue weighted by Gasteiger charge is -2.32. The van der Waals surface area contributed by atoms with Crippen molar-refractivity contribution in [1.29, 1.82) is 0 Å². The highest BCUT2D eigenvalue weighted by Crippen LogP contribution is 2.51. The summed E-state index contributed by atoms with van der Waals surface area (Å²) < 4.78 is 19.9. The maximum atomic E-state index is 13.6. The molecular formula is C25H21NO2S. The molecule has 0 amide bonds. The molecule has 1 aliphatic carbocycles. The quantitative estimate of drug-likeness (QED) is 0.320. The Labute approximate surface area is 172 Å². The summed E-state index contributed by atoms with van der Waals surface area (Å²) in [5.74, 6) is 0.696. The first kappa shape index (κ1) is 17.0. The monoisotopic (exact) mass is 399 g/mol. The normalized spacial score (nSPS) is 17.7. The van der Waals surface area contributed by atoms with E-state index in [2.05, 4.69) is 42.2 Å². The van der Waals surface area contributed by atoms with E-state index < -0.39 is 10.8 Å². The maximum Gasteiger partial charge on any atom is 0.222 e. The first-order valence-electron chi connectivity index (χ1n) is 10.2. The highest BCUT2D eigenvalue weighted by molar-refractivity contribution is 7.85. The molecule has 4 aromatic rings. The van der Waals surface area contributed by atoms with Gasteiger partial charge in [-0.25, -0.2) is 4.21 Å². The summed E-state index contributed by atoms with van der Waals surface area (Å²) >= 11 is 0. The summed E-state index contributed by atoms with van der Waals surface area (Å²) in [6.07, 6.45) is 4.64. The fourth-order valence-corrected chi connectivity index (χ4v) is 6.15. The van der Waals surface area contributed by atoms with Crippen molar-refractivity contribution < 1.29 is 8.63 Å².